The molecule has 1 aliphatic rings. The molecule has 1 fully saturated rings. The highest BCUT2D eigenvalue weighted by atomic mass is 19.1. The van der Waals surface area contributed by atoms with E-state index in [1.807, 2.05) is 0 Å². The van der Waals surface area contributed by atoms with Gasteiger partial charge in [-0.1, -0.05) is 6.07 Å². The van der Waals surface area contributed by atoms with Crippen molar-refractivity contribution in [3.63, 3.8) is 0 Å². The fraction of sp³-hybridized carbons (Fsp3) is 0.364. The lowest BCUT2D eigenvalue weighted by Gasteiger charge is -2.13. The largest absolute Gasteiger partial charge is 0.398 e. The van der Waals surface area contributed by atoms with Gasteiger partial charge in [0.2, 0.25) is 0 Å². The highest BCUT2D eigenvalue weighted by molar-refractivity contribution is 5.56. The number of nitrogens with one attached hydrogen (secondary N) is 1. The zero-order valence-electron chi connectivity index (χ0n) is 8.26. The van der Waals surface area contributed by atoms with Gasteiger partial charge in [-0.15, -0.1) is 0 Å². The van der Waals surface area contributed by atoms with Gasteiger partial charge in [0.25, 0.3) is 0 Å². The highest BCUT2D eigenvalue weighted by Crippen LogP contribution is 2.28. The molecule has 1 saturated heterocycles. The monoisotopic (exact) mass is 205 g/mol. The fourth-order valence-corrected chi connectivity index (χ4v) is 1.94. The molecule has 4 heteroatoms. The Morgan fingerprint density at radius 3 is 2.93 bits per heavy atom. The number of hydrogen-bond donors (Lipinski definition) is 2. The Morgan fingerprint density at radius 2 is 2.33 bits per heavy atom. The smallest absolute Gasteiger partial charge is 0.147 e. The molecule has 1 atom stereocenters. The van der Waals surface area contributed by atoms with E-state index >= 15 is 0 Å². The van der Waals surface area contributed by atoms with Gasteiger partial charge in [0, 0.05) is 11.6 Å². The fourth-order valence-electron chi connectivity index (χ4n) is 1.94. The summed E-state index contributed by atoms with van der Waals surface area (Å²) < 4.78 is 13.8. The first-order valence-electron chi connectivity index (χ1n) is 4.95. The molecule has 3 N–H and O–H groups in total. The third-order valence-corrected chi connectivity index (χ3v) is 2.75. The van der Waals surface area contributed by atoms with E-state index in [9.17, 15) is 4.39 Å². The minimum atomic E-state index is -0.475. The van der Waals surface area contributed by atoms with E-state index in [2.05, 4.69) is 5.32 Å². The topological polar surface area (TPSA) is 61.8 Å². The summed E-state index contributed by atoms with van der Waals surface area (Å²) in [7, 11) is 0. The van der Waals surface area contributed by atoms with Gasteiger partial charge in [-0.05, 0) is 25.5 Å². The SMILES string of the molecule is N#Cc1c(N)ccc([C@@H]2CCCN2)c1F. The van der Waals surface area contributed by atoms with Crippen molar-refractivity contribution in [3.8, 4) is 6.07 Å². The van der Waals surface area contributed by atoms with E-state index in [1.165, 1.54) is 0 Å². The summed E-state index contributed by atoms with van der Waals surface area (Å²) >= 11 is 0. The summed E-state index contributed by atoms with van der Waals surface area (Å²) in [6.07, 6.45) is 1.95. The van der Waals surface area contributed by atoms with Gasteiger partial charge in [0.1, 0.15) is 17.4 Å². The van der Waals surface area contributed by atoms with Crippen LogP contribution in [0.15, 0.2) is 12.1 Å². The summed E-state index contributed by atoms with van der Waals surface area (Å²) in [5.41, 5.74) is 6.24. The van der Waals surface area contributed by atoms with Gasteiger partial charge < -0.3 is 11.1 Å². The normalized spacial score (nSPS) is 20.1. The van der Waals surface area contributed by atoms with Gasteiger partial charge in [0.15, 0.2) is 0 Å². The molecule has 0 unspecified atom stereocenters. The van der Waals surface area contributed by atoms with Crippen LogP contribution >= 0.6 is 0 Å². The molecule has 15 heavy (non-hydrogen) atoms. The van der Waals surface area contributed by atoms with Gasteiger partial charge >= 0.3 is 0 Å². The molecule has 0 amide bonds. The first-order chi connectivity index (χ1) is 7.24. The number of nitrogen functional groups attached to an aromatic ring is 1. The Morgan fingerprint density at radius 1 is 1.53 bits per heavy atom. The Bertz CT molecular complexity index is 417. The second-order valence-electron chi connectivity index (χ2n) is 3.69. The number of rotatable bonds is 1. The maximum atomic E-state index is 13.8. The van der Waals surface area contributed by atoms with Crippen LogP contribution in [-0.4, -0.2) is 6.54 Å². The minimum absolute atomic E-state index is 0.0256. The minimum Gasteiger partial charge on any atom is -0.398 e. The first-order valence-corrected chi connectivity index (χ1v) is 4.95. The Labute approximate surface area is 87.7 Å². The van der Waals surface area contributed by atoms with Crippen LogP contribution in [0.4, 0.5) is 10.1 Å². The van der Waals surface area contributed by atoms with Crippen molar-refractivity contribution in [2.75, 3.05) is 12.3 Å². The average molecular weight is 205 g/mol. The highest BCUT2D eigenvalue weighted by Gasteiger charge is 2.22. The predicted molar refractivity (Wildman–Crippen MR) is 55.5 cm³/mol. The molecule has 0 aliphatic carbocycles. The molecular weight excluding hydrogens is 193 g/mol. The van der Waals surface area contributed by atoms with E-state index in [1.54, 1.807) is 18.2 Å². The van der Waals surface area contributed by atoms with Crippen LogP contribution in [0, 0.1) is 17.1 Å². The molecule has 2 rings (SSSR count). The summed E-state index contributed by atoms with van der Waals surface area (Å²) in [5, 5.41) is 12.0. The third-order valence-electron chi connectivity index (χ3n) is 2.75. The lowest BCUT2D eigenvalue weighted by atomic mass is 10.0. The van der Waals surface area contributed by atoms with Crippen LogP contribution in [0.3, 0.4) is 0 Å². The van der Waals surface area contributed by atoms with Gasteiger partial charge in [0.05, 0.1) is 5.69 Å². The van der Waals surface area contributed by atoms with Crippen LogP contribution in [0.5, 0.6) is 0 Å². The lowest BCUT2D eigenvalue weighted by molar-refractivity contribution is 0.557. The van der Waals surface area contributed by atoms with E-state index in [0.717, 1.165) is 19.4 Å². The second kappa shape index (κ2) is 3.87. The zero-order chi connectivity index (χ0) is 10.8. The van der Waals surface area contributed by atoms with Crippen molar-refractivity contribution in [1.29, 1.82) is 5.26 Å². The number of anilines is 1. The van der Waals surface area contributed by atoms with Crippen molar-refractivity contribution in [2.45, 2.75) is 18.9 Å². The van der Waals surface area contributed by atoms with Crippen LogP contribution < -0.4 is 11.1 Å². The van der Waals surface area contributed by atoms with E-state index < -0.39 is 5.82 Å². The molecule has 1 heterocycles. The van der Waals surface area contributed by atoms with Crippen molar-refractivity contribution in [1.82, 2.24) is 5.32 Å². The van der Waals surface area contributed by atoms with Gasteiger partial charge in [-0.25, -0.2) is 4.39 Å². The summed E-state index contributed by atoms with van der Waals surface area (Å²) in [6, 6.07) is 5.08. The lowest BCUT2D eigenvalue weighted by Crippen LogP contribution is -2.15. The number of nitrogens with two attached hydrogens (primary N) is 1. The molecule has 3 nitrogen and oxygen atoms in total. The van der Waals surface area contributed by atoms with Crippen LogP contribution in [0.2, 0.25) is 0 Å². The van der Waals surface area contributed by atoms with E-state index in [-0.39, 0.29) is 17.3 Å². The number of nitriles is 1. The van der Waals surface area contributed by atoms with Crippen LogP contribution in [0.25, 0.3) is 0 Å². The maximum Gasteiger partial charge on any atom is 0.147 e. The number of halogens is 1. The molecule has 0 radical (unpaired) electrons. The molecule has 1 aliphatic heterocycles. The van der Waals surface area contributed by atoms with Crippen molar-refractivity contribution in [2.24, 2.45) is 0 Å². The van der Waals surface area contributed by atoms with E-state index in [4.69, 9.17) is 11.0 Å². The molecule has 1 aromatic rings. The van der Waals surface area contributed by atoms with Crippen molar-refractivity contribution in [3.05, 3.63) is 29.1 Å². The molecule has 0 saturated carbocycles. The molecule has 78 valence electrons. The van der Waals surface area contributed by atoms with Gasteiger partial charge in [-0.3, -0.25) is 0 Å². The van der Waals surface area contributed by atoms with Crippen molar-refractivity contribution < 1.29 is 4.39 Å². The zero-order valence-corrected chi connectivity index (χ0v) is 8.26. The standard InChI is InChI=1S/C11H12FN3/c12-11-7(10-2-1-5-15-10)3-4-9(14)8(11)6-13/h3-4,10,15H,1-2,5,14H2/t10-/m0/s1. The maximum absolute atomic E-state index is 13.8. The van der Waals surface area contributed by atoms with Gasteiger partial charge in [-0.2, -0.15) is 5.26 Å². The predicted octanol–water partition coefficient (Wildman–Crippen LogP) is 1.70. The molecule has 0 spiro atoms. The molecule has 0 aromatic heterocycles. The summed E-state index contributed by atoms with van der Waals surface area (Å²) in [5.74, 6) is -0.475. The Hall–Kier alpha value is -1.60. The number of hydrogen-bond acceptors (Lipinski definition) is 3. The molecule has 0 bridgehead atoms. The molecular formula is C11H12FN3. The summed E-state index contributed by atoms with van der Waals surface area (Å²) in [6.45, 7) is 0.899. The van der Waals surface area contributed by atoms with Crippen molar-refractivity contribution >= 4 is 5.69 Å². The number of nitrogens with zero attached hydrogens (tertiary/aromatic N) is 1. The van der Waals surface area contributed by atoms with Crippen LogP contribution in [0.1, 0.15) is 30.0 Å². The summed E-state index contributed by atoms with van der Waals surface area (Å²) in [4.78, 5) is 0. The Balaban J connectivity index is 2.45. The first kappa shape index (κ1) is 9.94. The Kier molecular flexibility index (Phi) is 2.57. The third kappa shape index (κ3) is 1.66. The second-order valence-corrected chi connectivity index (χ2v) is 3.69. The molecule has 1 aromatic carbocycles. The van der Waals surface area contributed by atoms with E-state index in [0.29, 0.717) is 5.56 Å². The quantitative estimate of drug-likeness (QED) is 0.686. The average Bonchev–Trinajstić information content (AvgIpc) is 2.71. The van der Waals surface area contributed by atoms with Crippen LogP contribution in [-0.2, 0) is 0 Å². The number of benzene rings is 1.